The number of sulfonamides is 1. The van der Waals surface area contributed by atoms with Gasteiger partial charge in [-0.05, 0) is 55.8 Å². The van der Waals surface area contributed by atoms with Crippen molar-refractivity contribution in [3.05, 3.63) is 59.7 Å². The van der Waals surface area contributed by atoms with E-state index >= 15 is 0 Å². The van der Waals surface area contributed by atoms with Crippen LogP contribution in [0.3, 0.4) is 0 Å². The van der Waals surface area contributed by atoms with Crippen molar-refractivity contribution in [2.75, 3.05) is 31.5 Å². The molecule has 0 aliphatic carbocycles. The summed E-state index contributed by atoms with van der Waals surface area (Å²) in [5, 5.41) is 2.83. The summed E-state index contributed by atoms with van der Waals surface area (Å²) in [4.78, 5) is 25.8. The van der Waals surface area contributed by atoms with E-state index in [0.717, 1.165) is 5.56 Å². The number of carbonyl (C=O) groups excluding carboxylic acids is 2. The Bertz CT molecular complexity index is 1060. The molecule has 0 spiro atoms. The molecule has 32 heavy (non-hydrogen) atoms. The summed E-state index contributed by atoms with van der Waals surface area (Å²) in [6.45, 7) is 7.09. The molecular formula is C23H29N3O5S. The Hall–Kier alpha value is -2.75. The zero-order valence-corrected chi connectivity index (χ0v) is 19.4. The average molecular weight is 460 g/mol. The van der Waals surface area contributed by atoms with Gasteiger partial charge in [0.1, 0.15) is 0 Å². The molecule has 0 bridgehead atoms. The lowest BCUT2D eigenvalue weighted by Gasteiger charge is -2.33. The fourth-order valence-electron chi connectivity index (χ4n) is 3.38. The number of anilines is 1. The van der Waals surface area contributed by atoms with Gasteiger partial charge in [-0.3, -0.25) is 9.59 Å². The van der Waals surface area contributed by atoms with Gasteiger partial charge in [0, 0.05) is 44.4 Å². The van der Waals surface area contributed by atoms with Crippen LogP contribution in [-0.2, 0) is 26.2 Å². The van der Waals surface area contributed by atoms with Crippen LogP contribution in [0.4, 0.5) is 5.69 Å². The minimum atomic E-state index is -3.68. The number of hydrogen-bond donors (Lipinski definition) is 1. The van der Waals surface area contributed by atoms with Crippen LogP contribution < -0.4 is 5.32 Å². The second-order valence-electron chi connectivity index (χ2n) is 7.95. The van der Waals surface area contributed by atoms with Crippen LogP contribution in [0.5, 0.6) is 0 Å². The van der Waals surface area contributed by atoms with Gasteiger partial charge in [-0.25, -0.2) is 8.42 Å². The van der Waals surface area contributed by atoms with Gasteiger partial charge in [0.05, 0.1) is 17.6 Å². The van der Waals surface area contributed by atoms with Crippen molar-refractivity contribution in [1.82, 2.24) is 9.21 Å². The normalized spacial score (nSPS) is 15.1. The third-order valence-corrected chi connectivity index (χ3v) is 7.12. The number of rotatable bonds is 7. The maximum absolute atomic E-state index is 12.9. The van der Waals surface area contributed by atoms with Gasteiger partial charge in [-0.15, -0.1) is 0 Å². The molecule has 0 atom stereocenters. The lowest BCUT2D eigenvalue weighted by atomic mass is 10.2. The van der Waals surface area contributed by atoms with E-state index in [4.69, 9.17) is 4.74 Å². The maximum Gasteiger partial charge on any atom is 0.255 e. The van der Waals surface area contributed by atoms with Gasteiger partial charge in [-0.2, -0.15) is 4.31 Å². The molecule has 0 saturated carbocycles. The highest BCUT2D eigenvalue weighted by Gasteiger charge is 2.29. The van der Waals surface area contributed by atoms with Crippen molar-refractivity contribution in [3.63, 3.8) is 0 Å². The minimum absolute atomic E-state index is 0.0598. The van der Waals surface area contributed by atoms with E-state index in [2.05, 4.69) is 5.32 Å². The number of amides is 2. The molecule has 0 radical (unpaired) electrons. The van der Waals surface area contributed by atoms with Crippen LogP contribution in [0.15, 0.2) is 53.4 Å². The van der Waals surface area contributed by atoms with Crippen molar-refractivity contribution < 1.29 is 22.7 Å². The zero-order chi connectivity index (χ0) is 23.3. The van der Waals surface area contributed by atoms with Crippen LogP contribution in [0.1, 0.15) is 36.7 Å². The molecule has 172 valence electrons. The number of ether oxygens (including phenoxy) is 1. The van der Waals surface area contributed by atoms with Gasteiger partial charge in [-0.1, -0.05) is 12.1 Å². The molecule has 1 aliphatic rings. The molecule has 1 aliphatic heterocycles. The summed E-state index contributed by atoms with van der Waals surface area (Å²) >= 11 is 0. The van der Waals surface area contributed by atoms with E-state index in [1.54, 1.807) is 11.0 Å². The number of nitrogens with one attached hydrogen (secondary N) is 1. The largest absolute Gasteiger partial charge is 0.374 e. The van der Waals surface area contributed by atoms with E-state index in [-0.39, 0.29) is 35.9 Å². The van der Waals surface area contributed by atoms with Crippen LogP contribution in [0.2, 0.25) is 0 Å². The molecule has 3 rings (SSSR count). The molecule has 1 N–H and O–H groups in total. The fraction of sp³-hybridized carbons (Fsp3) is 0.391. The summed E-state index contributed by atoms with van der Waals surface area (Å²) in [6, 6.07) is 13.3. The summed E-state index contributed by atoms with van der Waals surface area (Å²) in [5.74, 6) is -0.388. The Balaban J connectivity index is 1.64. The fourth-order valence-corrected chi connectivity index (χ4v) is 4.80. The lowest BCUT2D eigenvalue weighted by molar-refractivity contribution is -0.129. The Morgan fingerprint density at radius 2 is 1.69 bits per heavy atom. The Morgan fingerprint density at radius 1 is 1.03 bits per heavy atom. The molecule has 0 aromatic heterocycles. The molecule has 1 saturated heterocycles. The van der Waals surface area contributed by atoms with E-state index < -0.39 is 10.0 Å². The van der Waals surface area contributed by atoms with Crippen molar-refractivity contribution in [2.45, 2.75) is 38.4 Å². The minimum Gasteiger partial charge on any atom is -0.374 e. The zero-order valence-electron chi connectivity index (χ0n) is 18.6. The molecule has 9 heteroatoms. The summed E-state index contributed by atoms with van der Waals surface area (Å²) in [6.07, 6.45) is 0.112. The predicted octanol–water partition coefficient (Wildman–Crippen LogP) is 2.72. The van der Waals surface area contributed by atoms with Gasteiger partial charge in [0.15, 0.2) is 0 Å². The molecule has 1 fully saturated rings. The number of nitrogens with zero attached hydrogens (tertiary/aromatic N) is 2. The predicted molar refractivity (Wildman–Crippen MR) is 122 cm³/mol. The third-order valence-electron chi connectivity index (χ3n) is 5.21. The van der Waals surface area contributed by atoms with Gasteiger partial charge < -0.3 is 15.0 Å². The number of carbonyl (C=O) groups is 2. The summed E-state index contributed by atoms with van der Waals surface area (Å²) < 4.78 is 32.7. The highest BCUT2D eigenvalue weighted by atomic mass is 32.2. The van der Waals surface area contributed by atoms with E-state index in [1.807, 2.05) is 32.0 Å². The second-order valence-corrected chi connectivity index (χ2v) is 9.89. The van der Waals surface area contributed by atoms with Crippen LogP contribution in [0, 0.1) is 0 Å². The van der Waals surface area contributed by atoms with Crippen molar-refractivity contribution in [3.8, 4) is 0 Å². The van der Waals surface area contributed by atoms with Crippen molar-refractivity contribution >= 4 is 27.5 Å². The van der Waals surface area contributed by atoms with Gasteiger partial charge in [0.2, 0.25) is 15.9 Å². The molecule has 1 heterocycles. The van der Waals surface area contributed by atoms with Crippen molar-refractivity contribution in [1.29, 1.82) is 0 Å². The highest BCUT2D eigenvalue weighted by molar-refractivity contribution is 7.89. The van der Waals surface area contributed by atoms with E-state index in [0.29, 0.717) is 30.9 Å². The molecular weight excluding hydrogens is 430 g/mol. The first-order valence-corrected chi connectivity index (χ1v) is 12.0. The Labute approximate surface area is 189 Å². The standard InChI is InChI=1S/C23H29N3O5S/c1-17(2)31-16-19-5-4-6-21(15-19)24-23(28)20-7-9-22(10-8-20)32(29,30)26-13-11-25(12-14-26)18(3)27/h4-10,15,17H,11-14,16H2,1-3H3,(H,24,28). The molecule has 8 nitrogen and oxygen atoms in total. The number of benzene rings is 2. The topological polar surface area (TPSA) is 96.0 Å². The average Bonchev–Trinajstić information content (AvgIpc) is 2.78. The second kappa shape index (κ2) is 10.2. The maximum atomic E-state index is 12.9. The summed E-state index contributed by atoms with van der Waals surface area (Å²) in [5.41, 5.74) is 1.94. The van der Waals surface area contributed by atoms with Gasteiger partial charge >= 0.3 is 0 Å². The molecule has 2 aromatic rings. The first-order chi connectivity index (χ1) is 15.2. The highest BCUT2D eigenvalue weighted by Crippen LogP contribution is 2.19. The smallest absolute Gasteiger partial charge is 0.255 e. The first kappa shape index (κ1) is 23.9. The SMILES string of the molecule is CC(=O)N1CCN(S(=O)(=O)c2ccc(C(=O)Nc3cccc(COC(C)C)c3)cc2)CC1. The first-order valence-electron chi connectivity index (χ1n) is 10.5. The summed E-state index contributed by atoms with van der Waals surface area (Å²) in [7, 11) is -3.68. The number of piperazine rings is 1. The third kappa shape index (κ3) is 5.93. The van der Waals surface area contributed by atoms with Crippen LogP contribution in [0.25, 0.3) is 0 Å². The van der Waals surface area contributed by atoms with Crippen LogP contribution in [-0.4, -0.2) is 61.7 Å². The quantitative estimate of drug-likeness (QED) is 0.687. The molecule has 2 amide bonds. The molecule has 0 unspecified atom stereocenters. The van der Waals surface area contributed by atoms with E-state index in [9.17, 15) is 18.0 Å². The van der Waals surface area contributed by atoms with Crippen LogP contribution >= 0.6 is 0 Å². The Kier molecular flexibility index (Phi) is 7.65. The van der Waals surface area contributed by atoms with Crippen molar-refractivity contribution in [2.24, 2.45) is 0 Å². The van der Waals surface area contributed by atoms with Gasteiger partial charge in [0.25, 0.3) is 5.91 Å². The molecule has 2 aromatic carbocycles. The lowest BCUT2D eigenvalue weighted by Crippen LogP contribution is -2.49. The Morgan fingerprint density at radius 3 is 2.28 bits per heavy atom. The number of hydrogen-bond acceptors (Lipinski definition) is 5. The van der Waals surface area contributed by atoms with E-state index in [1.165, 1.54) is 35.5 Å². The monoisotopic (exact) mass is 459 g/mol.